The molecule has 2 aromatic carbocycles. The van der Waals surface area contributed by atoms with Gasteiger partial charge in [0, 0.05) is 17.7 Å². The minimum absolute atomic E-state index is 0.0642. The molecule has 0 amide bonds. The van der Waals surface area contributed by atoms with Crippen LogP contribution in [0.15, 0.2) is 48.5 Å². The van der Waals surface area contributed by atoms with Crippen LogP contribution in [0, 0.1) is 5.82 Å². The van der Waals surface area contributed by atoms with E-state index in [1.165, 1.54) is 12.1 Å². The van der Waals surface area contributed by atoms with E-state index in [4.69, 9.17) is 0 Å². The van der Waals surface area contributed by atoms with Crippen molar-refractivity contribution in [2.24, 2.45) is 0 Å². The molecule has 1 aliphatic heterocycles. The van der Waals surface area contributed by atoms with Crippen LogP contribution in [0.4, 0.5) is 10.1 Å². The summed E-state index contributed by atoms with van der Waals surface area (Å²) in [5, 5.41) is 3.18. The van der Waals surface area contributed by atoms with Crippen LogP contribution in [-0.2, 0) is 6.42 Å². The van der Waals surface area contributed by atoms with E-state index in [-0.39, 0.29) is 17.6 Å². The molecule has 1 aliphatic rings. The summed E-state index contributed by atoms with van der Waals surface area (Å²) >= 11 is 0. The minimum Gasteiger partial charge on any atom is -0.374 e. The molecule has 3 rings (SSSR count). The van der Waals surface area contributed by atoms with Crippen molar-refractivity contribution >= 4 is 11.5 Å². The highest BCUT2D eigenvalue weighted by molar-refractivity contribution is 6.02. The van der Waals surface area contributed by atoms with Gasteiger partial charge in [0.2, 0.25) is 0 Å². The van der Waals surface area contributed by atoms with Gasteiger partial charge in [-0.25, -0.2) is 4.39 Å². The third-order valence-corrected chi connectivity index (χ3v) is 3.20. The fourth-order valence-electron chi connectivity index (χ4n) is 2.30. The molecule has 2 nitrogen and oxygen atoms in total. The summed E-state index contributed by atoms with van der Waals surface area (Å²) in [6.45, 7) is 0. The van der Waals surface area contributed by atoms with Crippen LogP contribution in [0.1, 0.15) is 15.9 Å². The lowest BCUT2D eigenvalue weighted by atomic mass is 10.0. The molecule has 1 N–H and O–H groups in total. The summed E-state index contributed by atoms with van der Waals surface area (Å²) in [6, 6.07) is 13.4. The van der Waals surface area contributed by atoms with Gasteiger partial charge in [-0.3, -0.25) is 4.79 Å². The maximum atomic E-state index is 13.1. The summed E-state index contributed by atoms with van der Waals surface area (Å²) in [5.74, 6) is -0.443. The standard InChI is InChI=1S/C15H12FNO/c16-12-6-3-5-11(8-12)15(18)14-9-10-4-1-2-7-13(10)17-14/h1-8,14,17H,9H2. The second-order valence-electron chi connectivity index (χ2n) is 4.43. The van der Waals surface area contributed by atoms with Gasteiger partial charge in [0.1, 0.15) is 5.82 Å². The van der Waals surface area contributed by atoms with Gasteiger partial charge >= 0.3 is 0 Å². The van der Waals surface area contributed by atoms with Crippen molar-refractivity contribution in [3.05, 3.63) is 65.5 Å². The molecule has 0 saturated heterocycles. The predicted molar refractivity (Wildman–Crippen MR) is 68.3 cm³/mol. The average Bonchev–Trinajstić information content (AvgIpc) is 2.81. The smallest absolute Gasteiger partial charge is 0.185 e. The molecule has 3 heteroatoms. The highest BCUT2D eigenvalue weighted by Crippen LogP contribution is 2.26. The number of fused-ring (bicyclic) bond motifs is 1. The van der Waals surface area contributed by atoms with Crippen molar-refractivity contribution in [1.29, 1.82) is 0 Å². The van der Waals surface area contributed by atoms with Crippen molar-refractivity contribution < 1.29 is 9.18 Å². The number of carbonyl (C=O) groups is 1. The first-order valence-electron chi connectivity index (χ1n) is 5.88. The minimum atomic E-state index is -0.378. The lowest BCUT2D eigenvalue weighted by Crippen LogP contribution is -2.27. The second-order valence-corrected chi connectivity index (χ2v) is 4.43. The third-order valence-electron chi connectivity index (χ3n) is 3.20. The first-order chi connectivity index (χ1) is 8.74. The van der Waals surface area contributed by atoms with Gasteiger partial charge < -0.3 is 5.32 Å². The summed E-state index contributed by atoms with van der Waals surface area (Å²) in [5.41, 5.74) is 2.54. The predicted octanol–water partition coefficient (Wildman–Crippen LogP) is 3.05. The van der Waals surface area contributed by atoms with Gasteiger partial charge in [0.25, 0.3) is 0 Å². The first-order valence-corrected chi connectivity index (χ1v) is 5.88. The number of carbonyl (C=O) groups excluding carboxylic acids is 1. The molecule has 1 atom stereocenters. The van der Waals surface area contributed by atoms with Crippen molar-refractivity contribution in [3.8, 4) is 0 Å². The Labute approximate surface area is 104 Å². The van der Waals surface area contributed by atoms with Crippen molar-refractivity contribution in [2.45, 2.75) is 12.5 Å². The summed E-state index contributed by atoms with van der Waals surface area (Å²) < 4.78 is 13.1. The van der Waals surface area contributed by atoms with Crippen molar-refractivity contribution in [2.75, 3.05) is 5.32 Å². The fourth-order valence-corrected chi connectivity index (χ4v) is 2.30. The van der Waals surface area contributed by atoms with Crippen LogP contribution in [0.2, 0.25) is 0 Å². The second kappa shape index (κ2) is 4.26. The average molecular weight is 241 g/mol. The lowest BCUT2D eigenvalue weighted by Gasteiger charge is -2.10. The highest BCUT2D eigenvalue weighted by atomic mass is 19.1. The van der Waals surface area contributed by atoms with E-state index in [2.05, 4.69) is 5.32 Å². The Bertz CT molecular complexity index is 584. The molecule has 2 aromatic rings. The Morgan fingerprint density at radius 2 is 2.00 bits per heavy atom. The number of hydrogen-bond donors (Lipinski definition) is 1. The number of Topliss-reactive ketones (excluding diaryl/α,β-unsaturated/α-hetero) is 1. The maximum Gasteiger partial charge on any atom is 0.185 e. The number of para-hydroxylation sites is 1. The molecule has 0 aromatic heterocycles. The fraction of sp³-hybridized carbons (Fsp3) is 0.133. The zero-order valence-electron chi connectivity index (χ0n) is 9.69. The topological polar surface area (TPSA) is 29.1 Å². The molecule has 0 radical (unpaired) electrons. The molecule has 0 bridgehead atoms. The van der Waals surface area contributed by atoms with E-state index in [1.54, 1.807) is 12.1 Å². The number of halogens is 1. The quantitative estimate of drug-likeness (QED) is 0.819. The Kier molecular flexibility index (Phi) is 2.59. The molecule has 1 unspecified atom stereocenters. The Morgan fingerprint density at radius 3 is 2.78 bits per heavy atom. The molecule has 0 saturated carbocycles. The molecule has 18 heavy (non-hydrogen) atoms. The van der Waals surface area contributed by atoms with Crippen LogP contribution in [0.5, 0.6) is 0 Å². The van der Waals surface area contributed by atoms with Crippen LogP contribution in [0.25, 0.3) is 0 Å². The summed E-state index contributed by atoms with van der Waals surface area (Å²) in [6.07, 6.45) is 0.658. The van der Waals surface area contributed by atoms with E-state index < -0.39 is 0 Å². The zero-order valence-corrected chi connectivity index (χ0v) is 9.69. The van der Waals surface area contributed by atoms with Gasteiger partial charge in [-0.15, -0.1) is 0 Å². The Morgan fingerprint density at radius 1 is 1.17 bits per heavy atom. The number of anilines is 1. The number of rotatable bonds is 2. The number of ketones is 1. The molecule has 1 heterocycles. The first kappa shape index (κ1) is 11.0. The van der Waals surface area contributed by atoms with Crippen LogP contribution >= 0.6 is 0 Å². The maximum absolute atomic E-state index is 13.1. The van der Waals surface area contributed by atoms with Gasteiger partial charge in [-0.1, -0.05) is 30.3 Å². The lowest BCUT2D eigenvalue weighted by molar-refractivity contribution is 0.0971. The third kappa shape index (κ3) is 1.88. The van der Waals surface area contributed by atoms with E-state index >= 15 is 0 Å². The van der Waals surface area contributed by atoms with E-state index in [9.17, 15) is 9.18 Å². The normalized spacial score (nSPS) is 17.1. The monoisotopic (exact) mass is 241 g/mol. The Balaban J connectivity index is 1.84. The van der Waals surface area contributed by atoms with E-state index in [0.717, 1.165) is 11.3 Å². The van der Waals surface area contributed by atoms with E-state index in [1.807, 2.05) is 24.3 Å². The molecule has 0 fully saturated rings. The SMILES string of the molecule is O=C(c1cccc(F)c1)C1Cc2ccccc2N1. The molecular formula is C15H12FNO. The van der Waals surface area contributed by atoms with Crippen LogP contribution in [-0.4, -0.2) is 11.8 Å². The number of benzene rings is 2. The highest BCUT2D eigenvalue weighted by Gasteiger charge is 2.27. The summed E-state index contributed by atoms with van der Waals surface area (Å²) in [4.78, 5) is 12.2. The Hall–Kier alpha value is -2.16. The van der Waals surface area contributed by atoms with Crippen LogP contribution in [0.3, 0.4) is 0 Å². The van der Waals surface area contributed by atoms with Gasteiger partial charge in [0.05, 0.1) is 6.04 Å². The number of nitrogens with one attached hydrogen (secondary N) is 1. The van der Waals surface area contributed by atoms with Crippen molar-refractivity contribution in [3.63, 3.8) is 0 Å². The molecule has 0 spiro atoms. The van der Waals surface area contributed by atoms with Gasteiger partial charge in [-0.05, 0) is 23.8 Å². The van der Waals surface area contributed by atoms with Gasteiger partial charge in [-0.2, -0.15) is 0 Å². The zero-order chi connectivity index (χ0) is 12.5. The van der Waals surface area contributed by atoms with Gasteiger partial charge in [0.15, 0.2) is 5.78 Å². The van der Waals surface area contributed by atoms with Crippen molar-refractivity contribution in [1.82, 2.24) is 0 Å². The molecule has 90 valence electrons. The molecular weight excluding hydrogens is 229 g/mol. The van der Waals surface area contributed by atoms with Crippen LogP contribution < -0.4 is 5.32 Å². The molecule has 0 aliphatic carbocycles. The number of hydrogen-bond acceptors (Lipinski definition) is 2. The summed E-state index contributed by atoms with van der Waals surface area (Å²) in [7, 11) is 0. The van der Waals surface area contributed by atoms with E-state index in [0.29, 0.717) is 12.0 Å². The largest absolute Gasteiger partial charge is 0.374 e.